The van der Waals surface area contributed by atoms with Crippen LogP contribution in [0, 0.1) is 19.7 Å². The van der Waals surface area contributed by atoms with Gasteiger partial charge in [0.2, 0.25) is 0 Å². The molecule has 0 aliphatic rings. The number of hydrogen-bond acceptors (Lipinski definition) is 2. The second kappa shape index (κ2) is 3.21. The third-order valence-corrected chi connectivity index (χ3v) is 2.05. The number of nitrogens with zero attached hydrogens (tertiary/aromatic N) is 3. The Kier molecular flexibility index (Phi) is 2.04. The first-order valence-corrected chi connectivity index (χ1v) is 4.31. The fourth-order valence-electron chi connectivity index (χ4n) is 1.32. The largest absolute Gasteiger partial charge is 0.220 e. The monoisotopic (exact) mass is 191 g/mol. The molecule has 0 radical (unpaired) electrons. The third-order valence-electron chi connectivity index (χ3n) is 2.05. The van der Waals surface area contributed by atoms with Crippen LogP contribution in [0.25, 0.3) is 5.69 Å². The van der Waals surface area contributed by atoms with E-state index in [2.05, 4.69) is 10.1 Å². The first-order valence-electron chi connectivity index (χ1n) is 4.31. The molecule has 0 atom stereocenters. The molecule has 0 bridgehead atoms. The van der Waals surface area contributed by atoms with E-state index in [1.165, 1.54) is 17.1 Å². The van der Waals surface area contributed by atoms with Crippen LogP contribution in [0.1, 0.15) is 11.4 Å². The topological polar surface area (TPSA) is 30.7 Å². The zero-order valence-electron chi connectivity index (χ0n) is 8.03. The van der Waals surface area contributed by atoms with Crippen LogP contribution >= 0.6 is 0 Å². The lowest BCUT2D eigenvalue weighted by Crippen LogP contribution is -2.02. The SMILES string of the molecule is Cc1ccc(-n2ncnc2C)c(F)c1. The summed E-state index contributed by atoms with van der Waals surface area (Å²) in [4.78, 5) is 3.94. The molecule has 0 unspecified atom stereocenters. The Hall–Kier alpha value is -1.71. The average molecular weight is 191 g/mol. The van der Waals surface area contributed by atoms with Crippen molar-refractivity contribution >= 4 is 0 Å². The maximum absolute atomic E-state index is 13.5. The van der Waals surface area contributed by atoms with Gasteiger partial charge < -0.3 is 0 Å². The molecule has 2 rings (SSSR count). The minimum absolute atomic E-state index is 0.279. The first kappa shape index (κ1) is 8.87. The third kappa shape index (κ3) is 1.39. The van der Waals surface area contributed by atoms with Crippen molar-refractivity contribution in [2.45, 2.75) is 13.8 Å². The first-order chi connectivity index (χ1) is 6.68. The van der Waals surface area contributed by atoms with E-state index in [1.807, 2.05) is 13.0 Å². The lowest BCUT2D eigenvalue weighted by molar-refractivity contribution is 0.607. The van der Waals surface area contributed by atoms with E-state index in [1.54, 1.807) is 13.0 Å². The summed E-state index contributed by atoms with van der Waals surface area (Å²) in [7, 11) is 0. The second-order valence-corrected chi connectivity index (χ2v) is 3.17. The van der Waals surface area contributed by atoms with Crippen molar-refractivity contribution in [1.82, 2.24) is 14.8 Å². The van der Waals surface area contributed by atoms with E-state index in [0.717, 1.165) is 5.56 Å². The Balaban J connectivity index is 2.58. The molecule has 0 saturated carbocycles. The Morgan fingerprint density at radius 3 is 2.64 bits per heavy atom. The van der Waals surface area contributed by atoms with Crippen LogP contribution < -0.4 is 0 Å². The van der Waals surface area contributed by atoms with Gasteiger partial charge in [-0.25, -0.2) is 14.1 Å². The fraction of sp³-hybridized carbons (Fsp3) is 0.200. The van der Waals surface area contributed by atoms with Gasteiger partial charge in [-0.1, -0.05) is 6.07 Å². The van der Waals surface area contributed by atoms with Crippen LogP contribution in [0.15, 0.2) is 24.5 Å². The highest BCUT2D eigenvalue weighted by Gasteiger charge is 2.07. The van der Waals surface area contributed by atoms with Crippen molar-refractivity contribution in [3.8, 4) is 5.69 Å². The number of aryl methyl sites for hydroxylation is 2. The van der Waals surface area contributed by atoms with Crippen LogP contribution in [0.5, 0.6) is 0 Å². The van der Waals surface area contributed by atoms with Crippen molar-refractivity contribution in [2.24, 2.45) is 0 Å². The van der Waals surface area contributed by atoms with Crippen LogP contribution in [0.4, 0.5) is 4.39 Å². The molecule has 3 nitrogen and oxygen atoms in total. The smallest absolute Gasteiger partial charge is 0.149 e. The van der Waals surface area contributed by atoms with E-state index >= 15 is 0 Å². The molecule has 0 saturated heterocycles. The molecule has 0 aliphatic heterocycles. The summed E-state index contributed by atoms with van der Waals surface area (Å²) < 4.78 is 15.0. The Morgan fingerprint density at radius 1 is 1.29 bits per heavy atom. The zero-order valence-corrected chi connectivity index (χ0v) is 8.03. The van der Waals surface area contributed by atoms with Gasteiger partial charge in [0.15, 0.2) is 0 Å². The summed E-state index contributed by atoms with van der Waals surface area (Å²) in [5, 5.41) is 3.94. The molecule has 0 aliphatic carbocycles. The lowest BCUT2D eigenvalue weighted by atomic mass is 10.2. The summed E-state index contributed by atoms with van der Waals surface area (Å²) in [6.45, 7) is 3.63. The van der Waals surface area contributed by atoms with Crippen molar-refractivity contribution < 1.29 is 4.39 Å². The van der Waals surface area contributed by atoms with Crippen LogP contribution in [0.3, 0.4) is 0 Å². The zero-order chi connectivity index (χ0) is 10.1. The molecule has 0 fully saturated rings. The highest BCUT2D eigenvalue weighted by molar-refractivity contribution is 5.35. The van der Waals surface area contributed by atoms with Gasteiger partial charge in [0.05, 0.1) is 0 Å². The summed E-state index contributed by atoms with van der Waals surface area (Å²) in [6.07, 6.45) is 1.41. The van der Waals surface area contributed by atoms with Gasteiger partial charge in [0.1, 0.15) is 23.7 Å². The summed E-state index contributed by atoms with van der Waals surface area (Å²) in [5.41, 5.74) is 1.33. The number of benzene rings is 1. The minimum atomic E-state index is -0.279. The highest BCUT2D eigenvalue weighted by Crippen LogP contribution is 2.14. The van der Waals surface area contributed by atoms with Crippen molar-refractivity contribution in [3.05, 3.63) is 41.7 Å². The summed E-state index contributed by atoms with van der Waals surface area (Å²) in [6, 6.07) is 5.03. The van der Waals surface area contributed by atoms with Gasteiger partial charge in [-0.15, -0.1) is 0 Å². The maximum Gasteiger partial charge on any atom is 0.149 e. The molecule has 0 spiro atoms. The molecule has 4 heteroatoms. The standard InChI is InChI=1S/C10H10FN3/c1-7-3-4-10(9(11)5-7)14-8(2)12-6-13-14/h3-6H,1-2H3. The molecule has 1 aromatic heterocycles. The Bertz CT molecular complexity index is 462. The van der Waals surface area contributed by atoms with E-state index < -0.39 is 0 Å². The molecule has 1 aromatic carbocycles. The molecule has 1 heterocycles. The van der Waals surface area contributed by atoms with Crippen molar-refractivity contribution in [3.63, 3.8) is 0 Å². The van der Waals surface area contributed by atoms with E-state index in [0.29, 0.717) is 11.5 Å². The molecule has 72 valence electrons. The minimum Gasteiger partial charge on any atom is -0.220 e. The van der Waals surface area contributed by atoms with Gasteiger partial charge in [0, 0.05) is 0 Å². The molecular weight excluding hydrogens is 181 g/mol. The second-order valence-electron chi connectivity index (χ2n) is 3.17. The molecule has 0 amide bonds. The Morgan fingerprint density at radius 2 is 2.07 bits per heavy atom. The van der Waals surface area contributed by atoms with Crippen LogP contribution in [-0.4, -0.2) is 14.8 Å². The average Bonchev–Trinajstić information content (AvgIpc) is 2.52. The van der Waals surface area contributed by atoms with Gasteiger partial charge in [-0.05, 0) is 31.5 Å². The van der Waals surface area contributed by atoms with E-state index in [4.69, 9.17) is 0 Å². The van der Waals surface area contributed by atoms with Gasteiger partial charge >= 0.3 is 0 Å². The Labute approximate surface area is 81.2 Å². The predicted octanol–water partition coefficient (Wildman–Crippen LogP) is 2.02. The highest BCUT2D eigenvalue weighted by atomic mass is 19.1. The molecule has 2 aromatic rings. The normalized spacial score (nSPS) is 10.5. The number of hydrogen-bond donors (Lipinski definition) is 0. The van der Waals surface area contributed by atoms with Crippen LogP contribution in [-0.2, 0) is 0 Å². The van der Waals surface area contributed by atoms with Crippen molar-refractivity contribution in [1.29, 1.82) is 0 Å². The van der Waals surface area contributed by atoms with E-state index in [-0.39, 0.29) is 5.82 Å². The fourth-order valence-corrected chi connectivity index (χ4v) is 1.32. The van der Waals surface area contributed by atoms with Crippen molar-refractivity contribution in [2.75, 3.05) is 0 Å². The molecular formula is C10H10FN3. The summed E-state index contributed by atoms with van der Waals surface area (Å²) >= 11 is 0. The lowest BCUT2D eigenvalue weighted by Gasteiger charge is -2.04. The quantitative estimate of drug-likeness (QED) is 0.690. The number of halogens is 1. The number of aromatic nitrogens is 3. The molecule has 14 heavy (non-hydrogen) atoms. The van der Waals surface area contributed by atoms with Gasteiger partial charge in [-0.3, -0.25) is 0 Å². The van der Waals surface area contributed by atoms with E-state index in [9.17, 15) is 4.39 Å². The van der Waals surface area contributed by atoms with Gasteiger partial charge in [-0.2, -0.15) is 5.10 Å². The van der Waals surface area contributed by atoms with Crippen LogP contribution in [0.2, 0.25) is 0 Å². The predicted molar refractivity (Wildman–Crippen MR) is 50.8 cm³/mol. The summed E-state index contributed by atoms with van der Waals surface area (Å²) in [5.74, 6) is 0.395. The van der Waals surface area contributed by atoms with Gasteiger partial charge in [0.25, 0.3) is 0 Å². The maximum atomic E-state index is 13.5. The number of rotatable bonds is 1. The molecule has 0 N–H and O–H groups in total.